The second-order valence-electron chi connectivity index (χ2n) is 4.38. The van der Waals surface area contributed by atoms with Crippen LogP contribution in [0.15, 0.2) is 36.5 Å². The number of nitrogens with zero attached hydrogens (tertiary/aromatic N) is 2. The van der Waals surface area contributed by atoms with Crippen LogP contribution in [-0.4, -0.2) is 22.9 Å². The van der Waals surface area contributed by atoms with Crippen molar-refractivity contribution >= 4 is 23.1 Å². The maximum Gasteiger partial charge on any atom is 0.305 e. The van der Waals surface area contributed by atoms with Gasteiger partial charge in [0.25, 0.3) is 5.91 Å². The monoisotopic (exact) mass is 286 g/mol. The Labute approximate surface area is 121 Å². The van der Waals surface area contributed by atoms with Crippen molar-refractivity contribution in [1.82, 2.24) is 4.98 Å². The zero-order valence-electron chi connectivity index (χ0n) is 11.6. The smallest absolute Gasteiger partial charge is 0.305 e. The van der Waals surface area contributed by atoms with Gasteiger partial charge in [-0.15, -0.1) is 0 Å². The second-order valence-corrected chi connectivity index (χ2v) is 4.38. The molecule has 2 aromatic rings. The van der Waals surface area contributed by atoms with E-state index in [1.165, 1.54) is 6.07 Å². The molecule has 0 aliphatic carbocycles. The van der Waals surface area contributed by atoms with E-state index in [4.69, 9.17) is 0 Å². The summed E-state index contributed by atoms with van der Waals surface area (Å²) in [5.41, 5.74) is 0.958. The summed E-state index contributed by atoms with van der Waals surface area (Å²) < 4.78 is 0. The Morgan fingerprint density at radius 1 is 1.29 bits per heavy atom. The molecule has 1 amide bonds. The average molecular weight is 286 g/mol. The molecule has 0 fully saturated rings. The van der Waals surface area contributed by atoms with Gasteiger partial charge in [-0.1, -0.05) is 12.1 Å². The predicted molar refractivity (Wildman–Crippen MR) is 79.6 cm³/mol. The van der Waals surface area contributed by atoms with Crippen LogP contribution in [0.3, 0.4) is 0 Å². The van der Waals surface area contributed by atoms with Crippen LogP contribution in [0.2, 0.25) is 0 Å². The number of hydrogen-bond acceptors (Lipinski definition) is 5. The number of aromatic nitrogens is 1. The Morgan fingerprint density at radius 2 is 2.05 bits per heavy atom. The number of benzene rings is 1. The topological polar surface area (TPSA) is 97.2 Å². The summed E-state index contributed by atoms with van der Waals surface area (Å²) in [7, 11) is 1.56. The molecule has 0 saturated heterocycles. The Bertz CT molecular complexity index is 683. The number of nitro benzene ring substituents is 1. The van der Waals surface area contributed by atoms with Gasteiger partial charge in [0.15, 0.2) is 0 Å². The number of nitrogens with one attached hydrogen (secondary N) is 2. The van der Waals surface area contributed by atoms with Gasteiger partial charge in [0.05, 0.1) is 4.92 Å². The van der Waals surface area contributed by atoms with Gasteiger partial charge in [-0.05, 0) is 30.7 Å². The zero-order valence-corrected chi connectivity index (χ0v) is 11.6. The average Bonchev–Trinajstić information content (AvgIpc) is 2.48. The third kappa shape index (κ3) is 3.14. The maximum absolute atomic E-state index is 12.2. The lowest BCUT2D eigenvalue weighted by Gasteiger charge is -2.08. The first-order valence-electron chi connectivity index (χ1n) is 6.22. The van der Waals surface area contributed by atoms with Crippen LogP contribution in [0.25, 0.3) is 0 Å². The molecule has 1 aromatic heterocycles. The summed E-state index contributed by atoms with van der Waals surface area (Å²) in [5, 5.41) is 16.4. The number of pyridine rings is 1. The summed E-state index contributed by atoms with van der Waals surface area (Å²) in [6.07, 6.45) is 1.61. The molecular weight excluding hydrogens is 272 g/mol. The van der Waals surface area contributed by atoms with Crippen molar-refractivity contribution in [3.8, 4) is 0 Å². The fourth-order valence-electron chi connectivity index (χ4n) is 1.85. The molecular formula is C14H14N4O3. The second kappa shape index (κ2) is 6.00. The van der Waals surface area contributed by atoms with Gasteiger partial charge in [0.1, 0.15) is 17.1 Å². The Kier molecular flexibility index (Phi) is 4.13. The predicted octanol–water partition coefficient (Wildman–Crippen LogP) is 2.59. The van der Waals surface area contributed by atoms with Gasteiger partial charge < -0.3 is 10.6 Å². The van der Waals surface area contributed by atoms with Gasteiger partial charge in [-0.3, -0.25) is 14.9 Å². The first-order chi connectivity index (χ1) is 10.0. The minimum absolute atomic E-state index is 0.0192. The zero-order chi connectivity index (χ0) is 15.4. The Hall–Kier alpha value is -2.96. The van der Waals surface area contributed by atoms with Crippen molar-refractivity contribution in [3.05, 3.63) is 57.8 Å². The summed E-state index contributed by atoms with van der Waals surface area (Å²) in [5.74, 6) is -0.232. The highest BCUT2D eigenvalue weighted by atomic mass is 16.6. The third-order valence-corrected chi connectivity index (χ3v) is 2.89. The van der Waals surface area contributed by atoms with E-state index in [0.717, 1.165) is 5.56 Å². The highest BCUT2D eigenvalue weighted by molar-refractivity contribution is 6.08. The van der Waals surface area contributed by atoms with Gasteiger partial charge >= 0.3 is 5.69 Å². The quantitative estimate of drug-likeness (QED) is 0.665. The summed E-state index contributed by atoms with van der Waals surface area (Å²) in [4.78, 5) is 26.8. The number of nitro groups is 1. The number of hydrogen-bond donors (Lipinski definition) is 2. The van der Waals surface area contributed by atoms with E-state index in [1.54, 1.807) is 37.5 Å². The molecule has 108 valence electrons. The molecule has 0 atom stereocenters. The van der Waals surface area contributed by atoms with Crippen LogP contribution >= 0.6 is 0 Å². The number of anilines is 2. The minimum atomic E-state index is -0.580. The van der Waals surface area contributed by atoms with Crippen molar-refractivity contribution < 1.29 is 9.72 Å². The molecule has 0 spiro atoms. The third-order valence-electron chi connectivity index (χ3n) is 2.89. The molecule has 0 aliphatic rings. The fourth-order valence-corrected chi connectivity index (χ4v) is 1.85. The lowest BCUT2D eigenvalue weighted by Crippen LogP contribution is -2.15. The van der Waals surface area contributed by atoms with Crippen LogP contribution in [0.5, 0.6) is 0 Å². The Balaban J connectivity index is 2.35. The standard InChI is InChI=1S/C14H14N4O3/c1-9-6-7-12(16-8-9)17-14(19)10-4-3-5-11(15-2)13(10)18(20)21/h3-8,15H,1-2H3,(H,16,17,19). The highest BCUT2D eigenvalue weighted by Gasteiger charge is 2.24. The maximum atomic E-state index is 12.2. The van der Waals surface area contributed by atoms with E-state index in [9.17, 15) is 14.9 Å². The molecule has 7 nitrogen and oxygen atoms in total. The van der Waals surface area contributed by atoms with Crippen molar-refractivity contribution in [3.63, 3.8) is 0 Å². The number of aryl methyl sites for hydroxylation is 1. The number of rotatable bonds is 4. The van der Waals surface area contributed by atoms with Crippen LogP contribution in [0.1, 0.15) is 15.9 Å². The molecule has 0 aliphatic heterocycles. The van der Waals surface area contributed by atoms with E-state index >= 15 is 0 Å². The van der Waals surface area contributed by atoms with Gasteiger partial charge in [-0.25, -0.2) is 4.98 Å². The number of carbonyl (C=O) groups is 1. The number of carbonyl (C=O) groups excluding carboxylic acids is 1. The molecule has 7 heteroatoms. The molecule has 2 rings (SSSR count). The molecule has 0 saturated carbocycles. The normalized spacial score (nSPS) is 10.0. The summed E-state index contributed by atoms with van der Waals surface area (Å²) >= 11 is 0. The molecule has 0 radical (unpaired) electrons. The molecule has 2 N–H and O–H groups in total. The highest BCUT2D eigenvalue weighted by Crippen LogP contribution is 2.28. The summed E-state index contributed by atoms with van der Waals surface area (Å²) in [6, 6.07) is 7.96. The van der Waals surface area contributed by atoms with E-state index in [1.807, 2.05) is 6.92 Å². The first-order valence-corrected chi connectivity index (χ1v) is 6.22. The Morgan fingerprint density at radius 3 is 2.62 bits per heavy atom. The van der Waals surface area contributed by atoms with Crippen LogP contribution in [0, 0.1) is 17.0 Å². The molecule has 21 heavy (non-hydrogen) atoms. The van der Waals surface area contributed by atoms with E-state index < -0.39 is 10.8 Å². The van der Waals surface area contributed by atoms with Crippen molar-refractivity contribution in [2.75, 3.05) is 17.7 Å². The number of amides is 1. The van der Waals surface area contributed by atoms with E-state index in [2.05, 4.69) is 15.6 Å². The number of para-hydroxylation sites is 1. The van der Waals surface area contributed by atoms with Crippen molar-refractivity contribution in [2.45, 2.75) is 6.92 Å². The van der Waals surface area contributed by atoms with Crippen molar-refractivity contribution in [2.24, 2.45) is 0 Å². The molecule has 1 aromatic carbocycles. The van der Waals surface area contributed by atoms with Crippen molar-refractivity contribution in [1.29, 1.82) is 0 Å². The molecule has 0 bridgehead atoms. The van der Waals surface area contributed by atoms with Gasteiger partial charge in [0, 0.05) is 13.2 Å². The first kappa shape index (κ1) is 14.4. The summed E-state index contributed by atoms with van der Waals surface area (Å²) in [6.45, 7) is 1.87. The molecule has 1 heterocycles. The van der Waals surface area contributed by atoms with E-state index in [0.29, 0.717) is 5.82 Å². The van der Waals surface area contributed by atoms with Crippen LogP contribution < -0.4 is 10.6 Å². The van der Waals surface area contributed by atoms with E-state index in [-0.39, 0.29) is 16.9 Å². The van der Waals surface area contributed by atoms with Crippen LogP contribution in [-0.2, 0) is 0 Å². The lowest BCUT2D eigenvalue weighted by molar-refractivity contribution is -0.384. The minimum Gasteiger partial charge on any atom is -0.383 e. The fraction of sp³-hybridized carbons (Fsp3) is 0.143. The molecule has 0 unspecified atom stereocenters. The largest absolute Gasteiger partial charge is 0.383 e. The van der Waals surface area contributed by atoms with Gasteiger partial charge in [-0.2, -0.15) is 0 Å². The SMILES string of the molecule is CNc1cccc(C(=O)Nc2ccc(C)cn2)c1[N+](=O)[O-]. The lowest BCUT2D eigenvalue weighted by atomic mass is 10.1. The van der Waals surface area contributed by atoms with Crippen LogP contribution in [0.4, 0.5) is 17.2 Å². The van der Waals surface area contributed by atoms with Gasteiger partial charge in [0.2, 0.25) is 0 Å².